The SMILES string of the molecule is CN(C)CCOc1ccc2[nH]c(C(=O)NCC#Cc3cccc(C(=O)NO)c3)cc2c1.CS(=O)(=O)O. The van der Waals surface area contributed by atoms with Crippen LogP contribution in [0.1, 0.15) is 26.4 Å². The van der Waals surface area contributed by atoms with Gasteiger partial charge in [-0.05, 0) is 56.6 Å². The first kappa shape index (κ1) is 28.3. The Kier molecular flexibility index (Phi) is 10.4. The maximum absolute atomic E-state index is 12.4. The number of hydrogen-bond donors (Lipinski definition) is 5. The molecule has 0 fully saturated rings. The Morgan fingerprint density at radius 3 is 2.50 bits per heavy atom. The fourth-order valence-corrected chi connectivity index (χ4v) is 2.84. The molecule has 2 amide bonds. The number of fused-ring (bicyclic) bond motifs is 1. The lowest BCUT2D eigenvalue weighted by molar-refractivity contribution is 0.0706. The second kappa shape index (κ2) is 13.3. The summed E-state index contributed by atoms with van der Waals surface area (Å²) < 4.78 is 31.6. The minimum atomic E-state index is -3.67. The molecule has 0 aliphatic carbocycles. The van der Waals surface area contributed by atoms with Crippen LogP contribution in [0.3, 0.4) is 0 Å². The van der Waals surface area contributed by atoms with E-state index in [9.17, 15) is 18.0 Å². The van der Waals surface area contributed by atoms with Crippen LogP contribution >= 0.6 is 0 Å². The highest BCUT2D eigenvalue weighted by molar-refractivity contribution is 7.85. The van der Waals surface area contributed by atoms with E-state index in [1.807, 2.05) is 37.2 Å². The monoisotopic (exact) mass is 516 g/mol. The Hall–Kier alpha value is -3.89. The Labute approximate surface area is 209 Å². The largest absolute Gasteiger partial charge is 0.492 e. The number of H-pyrrole nitrogens is 1. The quantitative estimate of drug-likeness (QED) is 0.137. The van der Waals surface area contributed by atoms with Crippen molar-refractivity contribution in [3.8, 4) is 17.6 Å². The van der Waals surface area contributed by atoms with E-state index >= 15 is 0 Å². The van der Waals surface area contributed by atoms with Crippen molar-refractivity contribution in [3.63, 3.8) is 0 Å². The minimum Gasteiger partial charge on any atom is -0.492 e. The predicted molar refractivity (Wildman–Crippen MR) is 135 cm³/mol. The van der Waals surface area contributed by atoms with Crippen LogP contribution in [0.15, 0.2) is 48.5 Å². The number of carbonyl (C=O) groups excluding carboxylic acids is 2. The minimum absolute atomic E-state index is 0.142. The van der Waals surface area contributed by atoms with Crippen LogP contribution in [0, 0.1) is 11.8 Å². The second-order valence-electron chi connectivity index (χ2n) is 7.82. The molecule has 12 heteroatoms. The van der Waals surface area contributed by atoms with E-state index < -0.39 is 16.0 Å². The van der Waals surface area contributed by atoms with Crippen molar-refractivity contribution >= 4 is 32.8 Å². The molecule has 192 valence electrons. The van der Waals surface area contributed by atoms with E-state index in [2.05, 4.69) is 22.1 Å². The summed E-state index contributed by atoms with van der Waals surface area (Å²) in [5.74, 6) is 5.60. The van der Waals surface area contributed by atoms with Crippen LogP contribution in [0.25, 0.3) is 10.9 Å². The molecule has 0 aliphatic rings. The third-order valence-corrected chi connectivity index (χ3v) is 4.44. The maximum atomic E-state index is 12.4. The summed E-state index contributed by atoms with van der Waals surface area (Å²) in [6, 6.07) is 13.9. The highest BCUT2D eigenvalue weighted by Crippen LogP contribution is 2.21. The van der Waals surface area contributed by atoms with Gasteiger partial charge in [0, 0.05) is 28.6 Å². The third kappa shape index (κ3) is 10.2. The number of likely N-dealkylation sites (N-methyl/N-ethyl adjacent to an activating group) is 1. The number of nitrogens with zero attached hydrogens (tertiary/aromatic N) is 1. The highest BCUT2D eigenvalue weighted by Gasteiger charge is 2.09. The number of hydroxylamine groups is 1. The second-order valence-corrected chi connectivity index (χ2v) is 9.29. The number of ether oxygens (including phenoxy) is 1. The number of carbonyl (C=O) groups is 2. The first-order valence-corrected chi connectivity index (χ1v) is 12.5. The number of nitrogens with one attached hydrogen (secondary N) is 3. The van der Waals surface area contributed by atoms with Gasteiger partial charge in [0.1, 0.15) is 18.1 Å². The number of amides is 2. The first-order chi connectivity index (χ1) is 17.0. The zero-order valence-corrected chi connectivity index (χ0v) is 20.8. The molecule has 11 nitrogen and oxygen atoms in total. The lowest BCUT2D eigenvalue weighted by Crippen LogP contribution is -2.23. The van der Waals surface area contributed by atoms with Crippen molar-refractivity contribution in [2.75, 3.05) is 40.0 Å². The molecule has 0 aliphatic heterocycles. The maximum Gasteiger partial charge on any atom is 0.274 e. The molecule has 3 aromatic rings. The van der Waals surface area contributed by atoms with Crippen molar-refractivity contribution in [2.24, 2.45) is 0 Å². The molecular weight excluding hydrogens is 488 g/mol. The lowest BCUT2D eigenvalue weighted by Gasteiger charge is -2.10. The normalized spacial score (nSPS) is 10.6. The van der Waals surface area contributed by atoms with Crippen LogP contribution in [0.5, 0.6) is 5.75 Å². The average Bonchev–Trinajstić information content (AvgIpc) is 3.24. The summed E-state index contributed by atoms with van der Waals surface area (Å²) in [6.07, 6.45) is 0.715. The van der Waals surface area contributed by atoms with Gasteiger partial charge in [-0.2, -0.15) is 8.42 Å². The smallest absolute Gasteiger partial charge is 0.274 e. The first-order valence-electron chi connectivity index (χ1n) is 10.6. The fraction of sp³-hybridized carbons (Fsp3) is 0.250. The summed E-state index contributed by atoms with van der Waals surface area (Å²) in [7, 11) is 0.307. The summed E-state index contributed by atoms with van der Waals surface area (Å²) in [5.41, 5.74) is 3.75. The fourth-order valence-electron chi connectivity index (χ4n) is 2.84. The van der Waals surface area contributed by atoms with Gasteiger partial charge in [0.2, 0.25) is 0 Å². The molecule has 0 unspecified atom stereocenters. The van der Waals surface area contributed by atoms with Crippen LogP contribution in [-0.4, -0.2) is 79.9 Å². The van der Waals surface area contributed by atoms with Crippen LogP contribution in [0.4, 0.5) is 0 Å². The van der Waals surface area contributed by atoms with Crippen LogP contribution in [0.2, 0.25) is 0 Å². The van der Waals surface area contributed by atoms with Crippen molar-refractivity contribution in [1.29, 1.82) is 0 Å². The number of rotatable bonds is 7. The van der Waals surface area contributed by atoms with Crippen molar-refractivity contribution in [1.82, 2.24) is 20.7 Å². The van der Waals surface area contributed by atoms with Gasteiger partial charge in [0.25, 0.3) is 21.9 Å². The van der Waals surface area contributed by atoms with E-state index in [-0.39, 0.29) is 12.5 Å². The van der Waals surface area contributed by atoms with Gasteiger partial charge in [0.05, 0.1) is 12.8 Å². The highest BCUT2D eigenvalue weighted by atomic mass is 32.2. The van der Waals surface area contributed by atoms with Gasteiger partial charge in [-0.3, -0.25) is 19.3 Å². The van der Waals surface area contributed by atoms with Crippen molar-refractivity contribution < 1.29 is 32.5 Å². The van der Waals surface area contributed by atoms with Gasteiger partial charge in [0.15, 0.2) is 0 Å². The van der Waals surface area contributed by atoms with Crippen LogP contribution in [-0.2, 0) is 10.1 Å². The zero-order chi connectivity index (χ0) is 26.7. The Morgan fingerprint density at radius 1 is 1.11 bits per heavy atom. The lowest BCUT2D eigenvalue weighted by atomic mass is 10.1. The number of hydrogen-bond acceptors (Lipinski definition) is 7. The van der Waals surface area contributed by atoms with E-state index in [1.54, 1.807) is 35.8 Å². The molecule has 0 atom stereocenters. The Morgan fingerprint density at radius 2 is 1.83 bits per heavy atom. The molecule has 0 spiro atoms. The molecule has 36 heavy (non-hydrogen) atoms. The van der Waals surface area contributed by atoms with E-state index in [1.165, 1.54) is 0 Å². The van der Waals surface area contributed by atoms with Crippen molar-refractivity contribution in [3.05, 3.63) is 65.4 Å². The standard InChI is InChI=1S/C23H24N4O4.CH4O3S/c1-27(2)11-12-31-19-8-9-20-18(14-19)15-21(25-20)23(29)24-10-4-6-16-5-3-7-17(13-16)22(28)26-30;1-5(2,3)4/h3,5,7-9,13-15,25,30H,10-12H2,1-2H3,(H,24,29)(H,26,28);1H3,(H,2,3,4). The Balaban J connectivity index is 0.000000830. The van der Waals surface area contributed by atoms with E-state index in [4.69, 9.17) is 14.5 Å². The summed E-state index contributed by atoms with van der Waals surface area (Å²) in [6.45, 7) is 1.55. The van der Waals surface area contributed by atoms with Gasteiger partial charge in [-0.1, -0.05) is 17.9 Å². The average molecular weight is 517 g/mol. The molecule has 1 aromatic heterocycles. The Bertz CT molecular complexity index is 1360. The molecule has 5 N–H and O–H groups in total. The zero-order valence-electron chi connectivity index (χ0n) is 20.0. The van der Waals surface area contributed by atoms with Gasteiger partial charge in [-0.25, -0.2) is 5.48 Å². The van der Waals surface area contributed by atoms with Gasteiger partial charge >= 0.3 is 0 Å². The number of aromatic nitrogens is 1. The van der Waals surface area contributed by atoms with Crippen molar-refractivity contribution in [2.45, 2.75) is 0 Å². The molecular formula is C24H28N4O7S. The molecule has 1 heterocycles. The molecule has 0 bridgehead atoms. The number of benzene rings is 2. The molecule has 2 aromatic carbocycles. The molecule has 0 radical (unpaired) electrons. The summed E-state index contributed by atoms with van der Waals surface area (Å²) in [4.78, 5) is 29.0. The van der Waals surface area contributed by atoms with Crippen LogP contribution < -0.4 is 15.5 Å². The molecule has 0 saturated carbocycles. The molecule has 0 saturated heterocycles. The van der Waals surface area contributed by atoms with E-state index in [0.717, 1.165) is 23.2 Å². The van der Waals surface area contributed by atoms with E-state index in [0.29, 0.717) is 29.7 Å². The molecule has 3 rings (SSSR count). The third-order valence-electron chi connectivity index (χ3n) is 4.44. The predicted octanol–water partition coefficient (Wildman–Crippen LogP) is 1.51. The summed E-state index contributed by atoms with van der Waals surface area (Å²) >= 11 is 0. The van der Waals surface area contributed by atoms with Gasteiger partial charge in [-0.15, -0.1) is 0 Å². The number of aromatic amines is 1. The topological polar surface area (TPSA) is 161 Å². The van der Waals surface area contributed by atoms with Gasteiger partial charge < -0.3 is 19.9 Å². The summed E-state index contributed by atoms with van der Waals surface area (Å²) in [5, 5.41) is 12.3.